The number of hydrogen-bond acceptors (Lipinski definition) is 15. The number of nitrogens with zero attached hydrogens (tertiary/aromatic N) is 3. The smallest absolute Gasteiger partial charge is 0.306 e. The second-order valence-electron chi connectivity index (χ2n) is 15.9. The molecule has 0 spiro atoms. The molecule has 0 saturated carbocycles. The molecule has 19 heteroatoms. The van der Waals surface area contributed by atoms with Crippen LogP contribution in [0.2, 0.25) is 0 Å². The Balaban J connectivity index is 1.72. The zero-order chi connectivity index (χ0) is 45.0. The second-order valence-corrected chi connectivity index (χ2v) is 15.9. The average Bonchev–Trinajstić information content (AvgIpc) is 3.23. The number of allylic oxidation sites excluding steroid dienone is 1. The molecule has 0 bridgehead atoms. The van der Waals surface area contributed by atoms with Crippen molar-refractivity contribution in [2.45, 2.75) is 191 Å². The number of aliphatic hydroxyl groups excluding tert-OH is 5. The van der Waals surface area contributed by atoms with Crippen molar-refractivity contribution in [1.82, 2.24) is 5.32 Å². The molecule has 2 rings (SSSR count). The number of carbonyl (C=O) groups is 1. The number of hydrogen-bond donors (Lipinski definition) is 7. The monoisotopic (exact) mass is 869 g/mol. The van der Waals surface area contributed by atoms with E-state index in [9.17, 15) is 60.7 Å². The molecule has 0 radical (unpaired) electrons. The fraction of sp³-hybridized carbons (Fsp3) is 0.786. The maximum Gasteiger partial charge on any atom is 0.306 e. The Kier molecular flexibility index (Phi) is 27.1. The topological polar surface area (TPSA) is 290 Å². The molecule has 7 N–H and O–H groups in total. The molecular weight excluding hydrogens is 798 g/mol. The first kappa shape index (κ1) is 53.3. The van der Waals surface area contributed by atoms with Crippen LogP contribution >= 0.6 is 0 Å². The Bertz CT molecular complexity index is 1430. The number of benzene rings is 1. The van der Waals surface area contributed by atoms with Crippen molar-refractivity contribution < 1.29 is 54.6 Å². The van der Waals surface area contributed by atoms with Gasteiger partial charge < -0.3 is 45.6 Å². The molecule has 348 valence electrons. The molecule has 1 heterocycles. The van der Waals surface area contributed by atoms with Crippen LogP contribution in [0.15, 0.2) is 24.3 Å². The molecule has 1 amide bonds. The van der Waals surface area contributed by atoms with E-state index in [2.05, 4.69) is 17.6 Å². The van der Waals surface area contributed by atoms with Crippen molar-refractivity contribution in [1.29, 1.82) is 0 Å². The van der Waals surface area contributed by atoms with Gasteiger partial charge in [0.15, 0.2) is 12.0 Å². The first-order valence-corrected chi connectivity index (χ1v) is 22.2. The first-order chi connectivity index (χ1) is 29.3. The molecule has 1 fully saturated rings. The van der Waals surface area contributed by atoms with Gasteiger partial charge in [-0.3, -0.25) is 35.1 Å². The maximum atomic E-state index is 13.0. The number of ether oxygens (including phenoxy) is 2. The molecule has 19 nitrogen and oxygen atoms in total. The van der Waals surface area contributed by atoms with Crippen molar-refractivity contribution >= 4 is 28.7 Å². The van der Waals surface area contributed by atoms with Gasteiger partial charge in [0.05, 0.1) is 52.3 Å². The summed E-state index contributed by atoms with van der Waals surface area (Å²) in [5.74, 6) is -0.293. The number of nitrogens with one attached hydrogen (secondary N) is 2. The summed E-state index contributed by atoms with van der Waals surface area (Å²) in [5, 5.41) is 90.7. The van der Waals surface area contributed by atoms with E-state index >= 15 is 0 Å². The van der Waals surface area contributed by atoms with Gasteiger partial charge in [-0.25, -0.2) is 0 Å². The van der Waals surface area contributed by atoms with Gasteiger partial charge in [0, 0.05) is 13.0 Å². The highest BCUT2D eigenvalue weighted by Gasteiger charge is 2.44. The highest BCUT2D eigenvalue weighted by Crippen LogP contribution is 2.38. The molecule has 61 heavy (non-hydrogen) atoms. The van der Waals surface area contributed by atoms with Gasteiger partial charge in [0.25, 0.3) is 5.69 Å². The fourth-order valence-electron chi connectivity index (χ4n) is 7.24. The van der Waals surface area contributed by atoms with Gasteiger partial charge in [-0.2, -0.15) is 0 Å². The number of aliphatic hydroxyl groups is 5. The Morgan fingerprint density at radius 2 is 1.26 bits per heavy atom. The second kappa shape index (κ2) is 31.1. The zero-order valence-electron chi connectivity index (χ0n) is 35.8. The number of amides is 1. The zero-order valence-corrected chi connectivity index (χ0v) is 35.8. The van der Waals surface area contributed by atoms with Crippen LogP contribution in [0.1, 0.15) is 148 Å². The van der Waals surface area contributed by atoms with E-state index in [1.165, 1.54) is 57.8 Å². The third-order valence-corrected chi connectivity index (χ3v) is 10.9. The Morgan fingerprint density at radius 3 is 1.77 bits per heavy atom. The van der Waals surface area contributed by atoms with Crippen molar-refractivity contribution in [3.63, 3.8) is 0 Å². The van der Waals surface area contributed by atoms with Crippen molar-refractivity contribution in [2.75, 3.05) is 25.1 Å². The van der Waals surface area contributed by atoms with Gasteiger partial charge in [-0.1, -0.05) is 128 Å². The number of nitro groups is 3. The number of anilines is 1. The lowest BCUT2D eigenvalue weighted by Crippen LogP contribution is -2.60. The van der Waals surface area contributed by atoms with E-state index in [0.29, 0.717) is 25.0 Å². The first-order valence-electron chi connectivity index (χ1n) is 22.2. The predicted octanol–water partition coefficient (Wildman–Crippen LogP) is 6.64. The number of unbranched alkanes of at least 4 members (excludes halogenated alkanes) is 19. The summed E-state index contributed by atoms with van der Waals surface area (Å²) in [7, 11) is 0. The lowest BCUT2D eigenvalue weighted by molar-refractivity contribution is -0.401. The molecule has 1 aromatic rings. The highest BCUT2D eigenvalue weighted by atomic mass is 16.7. The van der Waals surface area contributed by atoms with Crippen LogP contribution in [-0.4, -0.2) is 109 Å². The Labute approximate surface area is 358 Å². The van der Waals surface area contributed by atoms with Crippen LogP contribution < -0.4 is 10.6 Å². The summed E-state index contributed by atoms with van der Waals surface area (Å²) >= 11 is 0. The van der Waals surface area contributed by atoms with Gasteiger partial charge >= 0.3 is 11.4 Å². The minimum absolute atomic E-state index is 0.212. The SMILES string of the molecule is CCCCCCCCCCCCC/C=C/[C@@H](O)[C@@H](CO[C@H]1O[C@@H](CO)[C@H](O)[C@@H](O)[C@@H]1O)NC(=O)CCCCCCCCCCCNc1c([N+](=O)[O-])cc([N+](=O)[O-])cc1[N+](=O)[O-]. The van der Waals surface area contributed by atoms with Crippen LogP contribution in [0.3, 0.4) is 0 Å². The van der Waals surface area contributed by atoms with Crippen LogP contribution in [0.25, 0.3) is 0 Å². The van der Waals surface area contributed by atoms with E-state index in [1.54, 1.807) is 6.08 Å². The van der Waals surface area contributed by atoms with Crippen molar-refractivity contribution in [3.05, 3.63) is 54.6 Å². The van der Waals surface area contributed by atoms with Crippen LogP contribution in [-0.2, 0) is 14.3 Å². The third-order valence-electron chi connectivity index (χ3n) is 10.9. The minimum Gasteiger partial charge on any atom is -0.394 e. The highest BCUT2D eigenvalue weighted by molar-refractivity contribution is 5.77. The number of carbonyl (C=O) groups excluding carboxylic acids is 1. The molecule has 0 unspecified atom stereocenters. The summed E-state index contributed by atoms with van der Waals surface area (Å²) in [5.41, 5.74) is -2.55. The molecule has 7 atom stereocenters. The standard InChI is InChI=1S/C42H71N5O14/c1-2-3-4-5-6-7-8-9-10-12-15-18-21-24-35(49)32(30-60-42-41(53)40(52)39(51)36(29-48)61-42)44-37(50)25-22-19-16-13-11-14-17-20-23-26-43-38-33(46(56)57)27-31(45(54)55)28-34(38)47(58)59/h21,24,27-28,32,35-36,39-43,48-49,51-53H,2-20,22-23,25-26,29-30H2,1H3,(H,44,50)/b24-21+/t32-,35-,36+,39+,40-,41+,42+/m1/s1. The summed E-state index contributed by atoms with van der Waals surface area (Å²) in [6, 6.07) is 0.506. The van der Waals surface area contributed by atoms with E-state index in [1.807, 2.05) is 6.08 Å². The van der Waals surface area contributed by atoms with Gasteiger partial charge in [0.2, 0.25) is 5.91 Å². The molecule has 1 aliphatic rings. The largest absolute Gasteiger partial charge is 0.394 e. The molecule has 0 aromatic heterocycles. The molecule has 0 aliphatic carbocycles. The normalized spacial score (nSPS) is 20.1. The third kappa shape index (κ3) is 20.7. The van der Waals surface area contributed by atoms with Gasteiger partial charge in [0.1, 0.15) is 24.4 Å². The van der Waals surface area contributed by atoms with E-state index < -0.39 is 81.3 Å². The summed E-state index contributed by atoms with van der Waals surface area (Å²) in [6.45, 7) is 1.55. The summed E-state index contributed by atoms with van der Waals surface area (Å²) in [4.78, 5) is 44.2. The predicted molar refractivity (Wildman–Crippen MR) is 229 cm³/mol. The lowest BCUT2D eigenvalue weighted by Gasteiger charge is -2.40. The quantitative estimate of drug-likeness (QED) is 0.0163. The average molecular weight is 870 g/mol. The van der Waals surface area contributed by atoms with Gasteiger partial charge in [-0.05, 0) is 25.7 Å². The number of nitro benzene ring substituents is 3. The van der Waals surface area contributed by atoms with Crippen molar-refractivity contribution in [2.24, 2.45) is 0 Å². The van der Waals surface area contributed by atoms with E-state index in [-0.39, 0.29) is 31.2 Å². The lowest BCUT2D eigenvalue weighted by atomic mass is 9.99. The van der Waals surface area contributed by atoms with Gasteiger partial charge in [-0.15, -0.1) is 0 Å². The molecule has 1 saturated heterocycles. The molecular formula is C42H71N5O14. The number of rotatable bonds is 35. The van der Waals surface area contributed by atoms with E-state index in [4.69, 9.17) is 9.47 Å². The van der Waals surface area contributed by atoms with Crippen LogP contribution in [0.4, 0.5) is 22.7 Å². The van der Waals surface area contributed by atoms with E-state index in [0.717, 1.165) is 64.2 Å². The minimum atomic E-state index is -1.63. The molecule has 1 aromatic carbocycles. The fourth-order valence-corrected chi connectivity index (χ4v) is 7.24. The summed E-state index contributed by atoms with van der Waals surface area (Å²) < 4.78 is 11.1. The summed E-state index contributed by atoms with van der Waals surface area (Å²) in [6.07, 6.45) is 16.9. The maximum absolute atomic E-state index is 13.0. The number of non-ortho nitro benzene ring substituents is 1. The van der Waals surface area contributed by atoms with Crippen LogP contribution in [0.5, 0.6) is 0 Å². The van der Waals surface area contributed by atoms with Crippen molar-refractivity contribution in [3.8, 4) is 0 Å². The van der Waals surface area contributed by atoms with Crippen LogP contribution in [0, 0.1) is 30.3 Å². The molecule has 1 aliphatic heterocycles. The Morgan fingerprint density at radius 1 is 0.754 bits per heavy atom. The Hall–Kier alpha value is -3.85.